The van der Waals surface area contributed by atoms with E-state index in [0.717, 1.165) is 90.0 Å². The van der Waals surface area contributed by atoms with E-state index in [1.807, 2.05) is 164 Å². The zero-order valence-corrected chi connectivity index (χ0v) is 55.2. The van der Waals surface area contributed by atoms with Gasteiger partial charge in [-0.3, -0.25) is 29.9 Å². The number of aromatic nitrogens is 14. The quantitative estimate of drug-likeness (QED) is 0.158. The molecule has 476 valence electrons. The molecule has 0 spiro atoms. The first-order valence-electron chi connectivity index (χ1n) is 31.7. The van der Waals surface area contributed by atoms with Crippen LogP contribution in [0.3, 0.4) is 0 Å². The topological polar surface area (TPSA) is 209 Å². The molecular weight excluding hydrogens is 1200 g/mol. The van der Waals surface area contributed by atoms with Crippen LogP contribution in [0.2, 0.25) is 0 Å². The summed E-state index contributed by atoms with van der Waals surface area (Å²) in [6.45, 7) is 15.7. The summed E-state index contributed by atoms with van der Waals surface area (Å²) in [6.07, 6.45) is 32.8. The molecule has 17 heteroatoms. The van der Waals surface area contributed by atoms with E-state index in [1.165, 1.54) is 38.9 Å². The van der Waals surface area contributed by atoms with Crippen molar-refractivity contribution in [3.05, 3.63) is 325 Å². The van der Waals surface area contributed by atoms with Crippen molar-refractivity contribution in [3.8, 4) is 0 Å². The SMILES string of the molecule is CC1=NC2C=C(c3ccccc3)C(c3ccccc3)=CC2=N1.CC1=NC2C=CC=CC2=C1.Cc1cc2ccccn2c1.Cc1ccc2ncccc2n1.Cc1cnc2ccccc2n1.Cc1cnc2nccnc2n1.Cc1ncc2ccccc2n1.Cc1ncc2ncccc2n1. The second-order valence-electron chi connectivity index (χ2n) is 22.7. The van der Waals surface area contributed by atoms with Gasteiger partial charge < -0.3 is 4.40 Å². The lowest BCUT2D eigenvalue weighted by molar-refractivity contribution is 0.997. The molecule has 14 aromatic rings. The zero-order chi connectivity index (χ0) is 67.3. The molecule has 0 fully saturated rings. The summed E-state index contributed by atoms with van der Waals surface area (Å²) < 4.78 is 2.12. The number of nitrogens with zero attached hydrogens (tertiary/aromatic N) is 17. The van der Waals surface area contributed by atoms with E-state index in [0.29, 0.717) is 17.3 Å². The number of fused-ring (bicyclic) bond motifs is 8. The van der Waals surface area contributed by atoms with Gasteiger partial charge in [0.25, 0.3) is 0 Å². The van der Waals surface area contributed by atoms with Gasteiger partial charge in [-0.1, -0.05) is 121 Å². The number of para-hydroxylation sites is 3. The molecule has 17 nitrogen and oxygen atoms in total. The van der Waals surface area contributed by atoms with Crippen molar-refractivity contribution in [2.45, 2.75) is 67.5 Å². The number of amidine groups is 1. The van der Waals surface area contributed by atoms with Gasteiger partial charge in [0.15, 0.2) is 11.3 Å². The summed E-state index contributed by atoms with van der Waals surface area (Å²) in [6, 6.07) is 57.2. The normalized spacial score (nSPS) is 14.3. The zero-order valence-electron chi connectivity index (χ0n) is 55.2. The number of pyridine rings is 4. The lowest BCUT2D eigenvalue weighted by Gasteiger charge is -2.20. The van der Waals surface area contributed by atoms with Crippen LogP contribution >= 0.6 is 0 Å². The van der Waals surface area contributed by atoms with Gasteiger partial charge in [-0.2, -0.15) is 0 Å². The van der Waals surface area contributed by atoms with Crippen LogP contribution in [-0.2, 0) is 0 Å². The van der Waals surface area contributed by atoms with Crippen LogP contribution in [0.25, 0.3) is 72.0 Å². The van der Waals surface area contributed by atoms with Crippen molar-refractivity contribution >= 4 is 89.2 Å². The number of benzene rings is 4. The molecule has 2 unspecified atom stereocenters. The molecule has 2 aliphatic carbocycles. The molecule has 18 rings (SSSR count). The van der Waals surface area contributed by atoms with Crippen LogP contribution in [-0.4, -0.2) is 98.5 Å². The van der Waals surface area contributed by atoms with Crippen molar-refractivity contribution in [2.24, 2.45) is 15.0 Å². The van der Waals surface area contributed by atoms with E-state index in [2.05, 4.69) is 207 Å². The Labute approximate surface area is 563 Å². The summed E-state index contributed by atoms with van der Waals surface area (Å²) in [5.74, 6) is 2.46. The third-order valence-corrected chi connectivity index (χ3v) is 15.0. The monoisotopic (exact) mass is 1270 g/mol. The number of hydrogen-bond acceptors (Lipinski definition) is 16. The molecule has 12 heterocycles. The molecule has 10 aromatic heterocycles. The Balaban J connectivity index is 0.000000114. The van der Waals surface area contributed by atoms with Crippen molar-refractivity contribution in [1.29, 1.82) is 0 Å². The molecule has 4 aliphatic rings. The average Bonchev–Trinajstić information content (AvgIpc) is 1.73. The van der Waals surface area contributed by atoms with Crippen LogP contribution in [0.5, 0.6) is 0 Å². The minimum absolute atomic E-state index is 0.0580. The van der Waals surface area contributed by atoms with E-state index in [1.54, 1.807) is 43.4 Å². The van der Waals surface area contributed by atoms with Crippen molar-refractivity contribution in [3.63, 3.8) is 0 Å². The van der Waals surface area contributed by atoms with Gasteiger partial charge in [-0.15, -0.1) is 0 Å². The summed E-state index contributed by atoms with van der Waals surface area (Å²) in [5.41, 5.74) is 21.6. The highest BCUT2D eigenvalue weighted by atomic mass is 15.0. The Hall–Kier alpha value is -12.5. The number of aryl methyl sites for hydroxylation is 6. The molecule has 2 aliphatic heterocycles. The summed E-state index contributed by atoms with van der Waals surface area (Å²) in [7, 11) is 0. The molecular formula is C80H71N17. The minimum Gasteiger partial charge on any atom is -0.324 e. The number of rotatable bonds is 2. The lowest BCUT2D eigenvalue weighted by atomic mass is 9.85. The fraction of sp³-hybridized carbons (Fsp3) is 0.125. The van der Waals surface area contributed by atoms with Crippen LogP contribution < -0.4 is 0 Å². The van der Waals surface area contributed by atoms with Crippen LogP contribution in [0.4, 0.5) is 0 Å². The van der Waals surface area contributed by atoms with Crippen LogP contribution in [0.15, 0.2) is 295 Å². The second-order valence-corrected chi connectivity index (χ2v) is 22.7. The highest BCUT2D eigenvalue weighted by molar-refractivity contribution is 6.23. The third-order valence-electron chi connectivity index (χ3n) is 15.0. The van der Waals surface area contributed by atoms with E-state index >= 15 is 0 Å². The lowest BCUT2D eigenvalue weighted by Crippen LogP contribution is -2.16. The standard InChI is InChI=1S/C20H16N2.3C9H8N2.2C9H9N.C8H7N3.C7H6N4/c1-14-21-19-12-17(15-8-4-2-5-9-15)18(13-20(19)22-14)16-10-6-3-7-11-16;1-7-4-5-8-9(11-7)3-2-6-10-8;1-7-10-6-8-4-2-3-5-9(8)11-7;1-7-6-10-8-4-2-3-5-9(8)11-7;1-8-6-9-4-2-3-5-10(9)7-8;1-7-6-8-4-2-3-5-9(8)10-7;1-6-10-5-8-7(11-6)3-2-4-9-8;1-5-4-10-6-7(11-5)9-3-2-8-6/h2-13,19H,1H3;3*2-6H,1H3;2-7H,1H3;2-6,9H,1H3;2-5H,1H3;2-4H,1H3. The molecule has 0 saturated heterocycles. The Morgan fingerprint density at radius 2 is 0.990 bits per heavy atom. The first-order chi connectivity index (χ1) is 47.3. The Bertz CT molecular complexity index is 4820. The predicted octanol–water partition coefficient (Wildman–Crippen LogP) is 16.4. The summed E-state index contributed by atoms with van der Waals surface area (Å²) in [4.78, 5) is 67.4. The van der Waals surface area contributed by atoms with Gasteiger partial charge in [0.1, 0.15) is 29.0 Å². The van der Waals surface area contributed by atoms with Crippen molar-refractivity contribution < 1.29 is 0 Å². The van der Waals surface area contributed by atoms with Gasteiger partial charge in [0.2, 0.25) is 0 Å². The van der Waals surface area contributed by atoms with Crippen LogP contribution in [0.1, 0.15) is 59.3 Å². The maximum atomic E-state index is 4.61. The Morgan fingerprint density at radius 1 is 0.392 bits per heavy atom. The molecule has 97 heavy (non-hydrogen) atoms. The maximum Gasteiger partial charge on any atom is 0.198 e. The van der Waals surface area contributed by atoms with Crippen LogP contribution in [0, 0.1) is 41.5 Å². The first-order valence-corrected chi connectivity index (χ1v) is 31.7. The molecule has 0 saturated carbocycles. The fourth-order valence-electron chi connectivity index (χ4n) is 10.5. The Kier molecular flexibility index (Phi) is 22.0. The highest BCUT2D eigenvalue weighted by Gasteiger charge is 2.26. The maximum absolute atomic E-state index is 4.61. The largest absolute Gasteiger partial charge is 0.324 e. The van der Waals surface area contributed by atoms with Crippen molar-refractivity contribution in [2.75, 3.05) is 0 Å². The molecule has 0 amide bonds. The second kappa shape index (κ2) is 32.4. The van der Waals surface area contributed by atoms with Gasteiger partial charge in [-0.05, 0) is 180 Å². The molecule has 0 bridgehead atoms. The smallest absolute Gasteiger partial charge is 0.198 e. The van der Waals surface area contributed by atoms with Gasteiger partial charge in [0, 0.05) is 71.9 Å². The molecule has 4 aromatic carbocycles. The Morgan fingerprint density at radius 3 is 1.73 bits per heavy atom. The minimum atomic E-state index is 0.0580. The first kappa shape index (κ1) is 66.0. The van der Waals surface area contributed by atoms with E-state index in [9.17, 15) is 0 Å². The van der Waals surface area contributed by atoms with Gasteiger partial charge >= 0.3 is 0 Å². The van der Waals surface area contributed by atoms with E-state index in [4.69, 9.17) is 0 Å². The van der Waals surface area contributed by atoms with Crippen molar-refractivity contribution in [1.82, 2.24) is 69.2 Å². The van der Waals surface area contributed by atoms with E-state index < -0.39 is 0 Å². The number of allylic oxidation sites excluding steroid dienone is 5. The molecule has 0 radical (unpaired) electrons. The fourth-order valence-corrected chi connectivity index (χ4v) is 10.5. The summed E-state index contributed by atoms with van der Waals surface area (Å²) in [5, 5.41) is 1.10. The summed E-state index contributed by atoms with van der Waals surface area (Å²) >= 11 is 0. The predicted molar refractivity (Wildman–Crippen MR) is 393 cm³/mol. The molecule has 0 N–H and O–H groups in total. The average molecular weight is 1270 g/mol. The highest BCUT2D eigenvalue weighted by Crippen LogP contribution is 2.36. The number of hydrogen-bond donors (Lipinski definition) is 0. The van der Waals surface area contributed by atoms with Gasteiger partial charge in [0.05, 0.1) is 68.6 Å². The van der Waals surface area contributed by atoms with Gasteiger partial charge in [-0.25, -0.2) is 49.8 Å². The van der Waals surface area contributed by atoms with E-state index in [-0.39, 0.29) is 6.04 Å². The molecule has 2 atom stereocenters. The third kappa shape index (κ3) is 18.4. The number of aliphatic imine (C=N–C) groups is 3.